The maximum Gasteiger partial charge on any atom is 0.416 e. The first-order chi connectivity index (χ1) is 13.4. The monoisotopic (exact) mass is 412 g/mol. The van der Waals surface area contributed by atoms with Gasteiger partial charge in [0.15, 0.2) is 0 Å². The average Bonchev–Trinajstić information content (AvgIpc) is 3.14. The first-order valence-corrected chi connectivity index (χ1v) is 9.09. The van der Waals surface area contributed by atoms with Gasteiger partial charge >= 0.3 is 6.18 Å². The van der Waals surface area contributed by atoms with Gasteiger partial charge in [0.1, 0.15) is 11.3 Å². The third kappa shape index (κ3) is 3.99. The van der Waals surface area contributed by atoms with E-state index in [1.807, 2.05) is 4.90 Å². The molecule has 0 amide bonds. The molecule has 3 aromatic heterocycles. The van der Waals surface area contributed by atoms with E-state index < -0.39 is 11.7 Å². The molecule has 28 heavy (non-hydrogen) atoms. The van der Waals surface area contributed by atoms with Crippen molar-refractivity contribution in [3.05, 3.63) is 41.5 Å². The summed E-state index contributed by atoms with van der Waals surface area (Å²) in [5.41, 5.74) is 0.321. The predicted octanol–water partition coefficient (Wildman–Crippen LogP) is 4.59. The highest BCUT2D eigenvalue weighted by Gasteiger charge is 2.31. The Labute approximate surface area is 163 Å². The van der Waals surface area contributed by atoms with Gasteiger partial charge in [-0.25, -0.2) is 9.97 Å². The molecule has 3 aromatic rings. The molecule has 0 saturated carbocycles. The van der Waals surface area contributed by atoms with Crippen LogP contribution in [0.4, 0.5) is 19.0 Å². The van der Waals surface area contributed by atoms with Gasteiger partial charge in [-0.15, -0.1) is 0 Å². The fraction of sp³-hybridized carbons (Fsp3) is 0.389. The number of alkyl halides is 3. The number of piperidine rings is 1. The maximum atomic E-state index is 12.9. The molecular formula is C18H16ClF3N4O2. The van der Waals surface area contributed by atoms with E-state index in [-0.39, 0.29) is 11.2 Å². The molecule has 0 aliphatic carbocycles. The van der Waals surface area contributed by atoms with Gasteiger partial charge in [0, 0.05) is 25.4 Å². The van der Waals surface area contributed by atoms with Crippen molar-refractivity contribution in [3.63, 3.8) is 0 Å². The zero-order valence-corrected chi connectivity index (χ0v) is 15.4. The van der Waals surface area contributed by atoms with E-state index in [0.29, 0.717) is 42.5 Å². The van der Waals surface area contributed by atoms with Crippen LogP contribution >= 0.6 is 11.6 Å². The summed E-state index contributed by atoms with van der Waals surface area (Å²) in [4.78, 5) is 14.1. The molecule has 4 rings (SSSR count). The van der Waals surface area contributed by atoms with Gasteiger partial charge in [0.05, 0.1) is 18.4 Å². The lowest BCUT2D eigenvalue weighted by atomic mass is 9.98. The van der Waals surface area contributed by atoms with Gasteiger partial charge in [-0.05, 0) is 42.5 Å². The molecule has 6 nitrogen and oxygen atoms in total. The summed E-state index contributed by atoms with van der Waals surface area (Å²) >= 11 is 5.90. The van der Waals surface area contributed by atoms with Crippen LogP contribution in [0.5, 0.6) is 5.88 Å². The van der Waals surface area contributed by atoms with Gasteiger partial charge in [-0.1, -0.05) is 0 Å². The van der Waals surface area contributed by atoms with E-state index in [4.69, 9.17) is 20.8 Å². The highest BCUT2D eigenvalue weighted by atomic mass is 35.5. The van der Waals surface area contributed by atoms with Gasteiger partial charge in [0.25, 0.3) is 5.88 Å². The van der Waals surface area contributed by atoms with E-state index in [9.17, 15) is 13.2 Å². The lowest BCUT2D eigenvalue weighted by Gasteiger charge is -2.32. The molecule has 148 valence electrons. The molecule has 1 aliphatic rings. The summed E-state index contributed by atoms with van der Waals surface area (Å²) in [7, 11) is 0. The summed E-state index contributed by atoms with van der Waals surface area (Å²) in [6, 6.07) is 3.75. The van der Waals surface area contributed by atoms with Crippen LogP contribution in [0.15, 0.2) is 35.1 Å². The Balaban J connectivity index is 1.36. The fourth-order valence-corrected chi connectivity index (χ4v) is 3.37. The van der Waals surface area contributed by atoms with Crippen molar-refractivity contribution in [3.8, 4) is 5.88 Å². The molecule has 4 heterocycles. The summed E-state index contributed by atoms with van der Waals surface area (Å²) in [6.07, 6.45) is -0.167. The number of aromatic nitrogens is 3. The Hall–Kier alpha value is -2.55. The maximum absolute atomic E-state index is 12.9. The van der Waals surface area contributed by atoms with Crippen molar-refractivity contribution in [2.75, 3.05) is 24.6 Å². The van der Waals surface area contributed by atoms with Crippen molar-refractivity contribution in [1.29, 1.82) is 0 Å². The third-order valence-electron chi connectivity index (χ3n) is 4.71. The van der Waals surface area contributed by atoms with Crippen LogP contribution in [0.3, 0.4) is 0 Å². The molecular weight excluding hydrogens is 397 g/mol. The number of hydrogen-bond donors (Lipinski definition) is 0. The zero-order chi connectivity index (χ0) is 19.7. The number of pyridine rings is 1. The molecule has 1 saturated heterocycles. The predicted molar refractivity (Wildman–Crippen MR) is 96.5 cm³/mol. The van der Waals surface area contributed by atoms with Gasteiger partial charge in [-0.3, -0.25) is 0 Å². The number of fused-ring (bicyclic) bond motifs is 1. The normalized spacial score (nSPS) is 15.9. The minimum atomic E-state index is -4.38. The van der Waals surface area contributed by atoms with Gasteiger partial charge < -0.3 is 14.1 Å². The SMILES string of the molecule is FC(F)(F)c1ccnc(N2CCC(COc3nc(Cl)nc4ccoc34)CC2)c1. The second-order valence-corrected chi connectivity index (χ2v) is 6.91. The fourth-order valence-electron chi connectivity index (χ4n) is 3.20. The summed E-state index contributed by atoms with van der Waals surface area (Å²) in [6.45, 7) is 1.61. The number of halogens is 4. The zero-order valence-electron chi connectivity index (χ0n) is 14.6. The number of nitrogens with zero attached hydrogens (tertiary/aromatic N) is 4. The molecule has 0 aromatic carbocycles. The summed E-state index contributed by atoms with van der Waals surface area (Å²) in [5, 5.41) is 0.0781. The molecule has 0 bridgehead atoms. The van der Waals surface area contributed by atoms with Gasteiger partial charge in [0.2, 0.25) is 10.9 Å². The molecule has 0 radical (unpaired) electrons. The number of hydrogen-bond acceptors (Lipinski definition) is 6. The largest absolute Gasteiger partial charge is 0.475 e. The molecule has 0 spiro atoms. The molecule has 0 atom stereocenters. The Morgan fingerprint density at radius 1 is 1.21 bits per heavy atom. The third-order valence-corrected chi connectivity index (χ3v) is 4.88. The summed E-state index contributed by atoms with van der Waals surface area (Å²) in [5.74, 6) is 0.872. The van der Waals surface area contributed by atoms with Crippen molar-refractivity contribution in [2.45, 2.75) is 19.0 Å². The summed E-state index contributed by atoms with van der Waals surface area (Å²) < 4.78 is 49.8. The van der Waals surface area contributed by atoms with Gasteiger partial charge in [-0.2, -0.15) is 18.2 Å². The molecule has 1 aliphatic heterocycles. The van der Waals surface area contributed by atoms with E-state index >= 15 is 0 Å². The van der Waals surface area contributed by atoms with Crippen LogP contribution in [0.1, 0.15) is 18.4 Å². The lowest BCUT2D eigenvalue weighted by molar-refractivity contribution is -0.137. The average molecular weight is 413 g/mol. The Kier molecular flexibility index (Phi) is 5.01. The van der Waals surface area contributed by atoms with Crippen LogP contribution in [-0.4, -0.2) is 34.6 Å². The van der Waals surface area contributed by atoms with Crippen LogP contribution in [0.2, 0.25) is 5.28 Å². The number of anilines is 1. The van der Waals surface area contributed by atoms with Crippen LogP contribution < -0.4 is 9.64 Å². The van der Waals surface area contributed by atoms with Crippen molar-refractivity contribution in [2.24, 2.45) is 5.92 Å². The quantitative estimate of drug-likeness (QED) is 0.584. The number of ether oxygens (including phenoxy) is 1. The second-order valence-electron chi connectivity index (χ2n) is 6.57. The van der Waals surface area contributed by atoms with Crippen LogP contribution in [0.25, 0.3) is 11.1 Å². The topological polar surface area (TPSA) is 64.3 Å². The van der Waals surface area contributed by atoms with E-state index in [1.165, 1.54) is 12.5 Å². The highest BCUT2D eigenvalue weighted by Crippen LogP contribution is 2.32. The standard InChI is InChI=1S/C18H16ClF3N4O2/c19-17-24-13-4-8-27-15(13)16(25-17)28-10-11-2-6-26(7-3-11)14-9-12(1-5-23-14)18(20,21)22/h1,4-5,8-9,11H,2-3,6-7,10H2. The number of furan rings is 1. The first kappa shape index (κ1) is 18.8. The smallest absolute Gasteiger partial charge is 0.416 e. The minimum absolute atomic E-state index is 0.0781. The van der Waals surface area contributed by atoms with Crippen molar-refractivity contribution >= 4 is 28.5 Å². The van der Waals surface area contributed by atoms with E-state index in [0.717, 1.165) is 25.0 Å². The van der Waals surface area contributed by atoms with E-state index in [1.54, 1.807) is 6.07 Å². The molecule has 10 heteroatoms. The Bertz CT molecular complexity index is 971. The Morgan fingerprint density at radius 2 is 2.00 bits per heavy atom. The van der Waals surface area contributed by atoms with Crippen molar-refractivity contribution in [1.82, 2.24) is 15.0 Å². The Morgan fingerprint density at radius 3 is 2.75 bits per heavy atom. The first-order valence-electron chi connectivity index (χ1n) is 8.72. The molecule has 1 fully saturated rings. The van der Waals surface area contributed by atoms with Crippen LogP contribution in [0, 0.1) is 5.92 Å². The lowest BCUT2D eigenvalue weighted by Crippen LogP contribution is -2.36. The molecule has 0 N–H and O–H groups in total. The molecule has 0 unspecified atom stereocenters. The van der Waals surface area contributed by atoms with Crippen molar-refractivity contribution < 1.29 is 22.3 Å². The van der Waals surface area contributed by atoms with E-state index in [2.05, 4.69) is 15.0 Å². The minimum Gasteiger partial charge on any atom is -0.475 e. The second kappa shape index (κ2) is 7.46. The highest BCUT2D eigenvalue weighted by molar-refractivity contribution is 6.28. The number of rotatable bonds is 4. The van der Waals surface area contributed by atoms with Crippen LogP contribution in [-0.2, 0) is 6.18 Å².